The maximum Gasteiger partial charge on any atom is 0.416 e. The van der Waals surface area contributed by atoms with E-state index in [4.69, 9.17) is 0 Å². The SMILES string of the molecule is O=S(=O)(Cc1ccccc1C(F)(F)F)Nc1ccncc1. The van der Waals surface area contributed by atoms with Crippen molar-refractivity contribution < 1.29 is 21.6 Å². The molecule has 1 heterocycles. The first-order valence-corrected chi connectivity index (χ1v) is 7.49. The first-order valence-electron chi connectivity index (χ1n) is 5.83. The summed E-state index contributed by atoms with van der Waals surface area (Å²) in [7, 11) is -3.95. The molecule has 0 saturated heterocycles. The Kier molecular flexibility index (Phi) is 4.17. The molecule has 0 amide bonds. The Morgan fingerprint density at radius 3 is 2.29 bits per heavy atom. The fourth-order valence-corrected chi connectivity index (χ4v) is 2.99. The summed E-state index contributed by atoms with van der Waals surface area (Å²) in [5.74, 6) is -0.759. The predicted octanol–water partition coefficient (Wildman–Crippen LogP) is 3.04. The molecule has 0 fully saturated rings. The van der Waals surface area contributed by atoms with Gasteiger partial charge in [-0.2, -0.15) is 13.2 Å². The number of hydrogen-bond donors (Lipinski definition) is 1. The molecular weight excluding hydrogens is 305 g/mol. The van der Waals surface area contributed by atoms with Crippen molar-refractivity contribution in [1.29, 1.82) is 0 Å². The van der Waals surface area contributed by atoms with Crippen molar-refractivity contribution in [3.05, 3.63) is 59.9 Å². The molecule has 0 radical (unpaired) electrons. The summed E-state index contributed by atoms with van der Waals surface area (Å²) in [6.07, 6.45) is -1.84. The zero-order chi connectivity index (χ0) is 15.5. The summed E-state index contributed by atoms with van der Waals surface area (Å²) in [6, 6.07) is 7.41. The number of rotatable bonds is 4. The molecule has 0 aliphatic rings. The molecule has 0 aliphatic carbocycles. The lowest BCUT2D eigenvalue weighted by Crippen LogP contribution is -2.18. The predicted molar refractivity (Wildman–Crippen MR) is 71.9 cm³/mol. The van der Waals surface area contributed by atoms with Crippen molar-refractivity contribution >= 4 is 15.7 Å². The van der Waals surface area contributed by atoms with Crippen LogP contribution in [0.2, 0.25) is 0 Å². The van der Waals surface area contributed by atoms with Crippen LogP contribution >= 0.6 is 0 Å². The van der Waals surface area contributed by atoms with Gasteiger partial charge in [0.05, 0.1) is 17.0 Å². The van der Waals surface area contributed by atoms with Gasteiger partial charge in [0.1, 0.15) is 0 Å². The highest BCUT2D eigenvalue weighted by molar-refractivity contribution is 7.91. The quantitative estimate of drug-likeness (QED) is 0.943. The van der Waals surface area contributed by atoms with E-state index in [0.717, 1.165) is 12.1 Å². The Morgan fingerprint density at radius 1 is 1.05 bits per heavy atom. The van der Waals surface area contributed by atoms with Gasteiger partial charge in [-0.15, -0.1) is 0 Å². The number of nitrogens with zero attached hydrogens (tertiary/aromatic N) is 1. The first kappa shape index (κ1) is 15.3. The molecule has 1 N–H and O–H groups in total. The molecule has 112 valence electrons. The van der Waals surface area contributed by atoms with Gasteiger partial charge < -0.3 is 0 Å². The van der Waals surface area contributed by atoms with E-state index in [1.54, 1.807) is 0 Å². The van der Waals surface area contributed by atoms with Gasteiger partial charge in [0, 0.05) is 12.4 Å². The van der Waals surface area contributed by atoms with Gasteiger partial charge in [0.15, 0.2) is 0 Å². The van der Waals surface area contributed by atoms with Gasteiger partial charge in [-0.05, 0) is 23.8 Å². The van der Waals surface area contributed by atoms with Crippen molar-refractivity contribution in [3.8, 4) is 0 Å². The standard InChI is InChI=1S/C13H11F3N2O2S/c14-13(15,16)12-4-2-1-3-10(12)9-21(19,20)18-11-5-7-17-8-6-11/h1-8H,9H2,(H,17,18). The lowest BCUT2D eigenvalue weighted by molar-refractivity contribution is -0.138. The number of nitrogens with one attached hydrogen (secondary N) is 1. The van der Waals surface area contributed by atoms with Crippen LogP contribution in [-0.4, -0.2) is 13.4 Å². The number of halogens is 3. The van der Waals surface area contributed by atoms with E-state index in [2.05, 4.69) is 9.71 Å². The molecule has 0 atom stereocenters. The highest BCUT2D eigenvalue weighted by Gasteiger charge is 2.33. The van der Waals surface area contributed by atoms with Crippen molar-refractivity contribution in [2.75, 3.05) is 4.72 Å². The minimum atomic E-state index is -4.59. The van der Waals surface area contributed by atoms with Crippen LogP contribution in [0.4, 0.5) is 18.9 Å². The first-order chi connectivity index (χ1) is 9.78. The Balaban J connectivity index is 2.26. The second kappa shape index (κ2) is 5.72. The van der Waals surface area contributed by atoms with E-state index in [-0.39, 0.29) is 11.3 Å². The van der Waals surface area contributed by atoms with Crippen molar-refractivity contribution in [1.82, 2.24) is 4.98 Å². The molecule has 0 saturated carbocycles. The summed E-state index contributed by atoms with van der Waals surface area (Å²) in [4.78, 5) is 3.72. The van der Waals surface area contributed by atoms with Crippen LogP contribution < -0.4 is 4.72 Å². The number of hydrogen-bond acceptors (Lipinski definition) is 3. The molecule has 8 heteroatoms. The molecular formula is C13H11F3N2O2S. The largest absolute Gasteiger partial charge is 0.416 e. The van der Waals surface area contributed by atoms with Crippen molar-refractivity contribution in [2.45, 2.75) is 11.9 Å². The second-order valence-electron chi connectivity index (χ2n) is 4.25. The molecule has 0 unspecified atom stereocenters. The lowest BCUT2D eigenvalue weighted by Gasteiger charge is -2.13. The Morgan fingerprint density at radius 2 is 1.67 bits per heavy atom. The number of benzene rings is 1. The van der Waals surface area contributed by atoms with Crippen molar-refractivity contribution in [3.63, 3.8) is 0 Å². The van der Waals surface area contributed by atoms with Crippen LogP contribution in [0.1, 0.15) is 11.1 Å². The van der Waals surface area contributed by atoms with E-state index in [9.17, 15) is 21.6 Å². The zero-order valence-electron chi connectivity index (χ0n) is 10.6. The Bertz CT molecular complexity index is 716. The number of anilines is 1. The summed E-state index contributed by atoms with van der Waals surface area (Å²) >= 11 is 0. The average molecular weight is 316 g/mol. The van der Waals surface area contributed by atoms with Gasteiger partial charge in [-0.1, -0.05) is 18.2 Å². The summed E-state index contributed by atoms with van der Waals surface area (Å²) in [5, 5.41) is 0. The zero-order valence-corrected chi connectivity index (χ0v) is 11.4. The summed E-state index contributed by atoms with van der Waals surface area (Å²) in [6.45, 7) is 0. The van der Waals surface area contributed by atoms with Crippen LogP contribution in [0.25, 0.3) is 0 Å². The molecule has 1 aromatic heterocycles. The van der Waals surface area contributed by atoms with Gasteiger partial charge in [0.25, 0.3) is 0 Å². The average Bonchev–Trinajstić information content (AvgIpc) is 2.38. The minimum Gasteiger partial charge on any atom is -0.283 e. The Labute approximate surface area is 119 Å². The van der Waals surface area contributed by atoms with Crippen LogP contribution in [0.5, 0.6) is 0 Å². The van der Waals surface area contributed by atoms with Gasteiger partial charge in [-0.25, -0.2) is 8.42 Å². The molecule has 2 aromatic rings. The van der Waals surface area contributed by atoms with E-state index in [1.807, 2.05) is 0 Å². The van der Waals surface area contributed by atoms with Crippen LogP contribution in [0, 0.1) is 0 Å². The molecule has 2 rings (SSSR count). The monoisotopic (exact) mass is 316 g/mol. The van der Waals surface area contributed by atoms with E-state index >= 15 is 0 Å². The third-order valence-corrected chi connectivity index (χ3v) is 3.86. The lowest BCUT2D eigenvalue weighted by atomic mass is 10.1. The maximum absolute atomic E-state index is 12.8. The van der Waals surface area contributed by atoms with Crippen LogP contribution in [-0.2, 0) is 22.0 Å². The van der Waals surface area contributed by atoms with Gasteiger partial charge in [0.2, 0.25) is 10.0 Å². The van der Waals surface area contributed by atoms with E-state index < -0.39 is 27.5 Å². The third kappa shape index (κ3) is 4.19. The highest BCUT2D eigenvalue weighted by Crippen LogP contribution is 2.32. The Hall–Kier alpha value is -2.09. The normalized spacial score (nSPS) is 12.1. The maximum atomic E-state index is 12.8. The molecule has 0 aliphatic heterocycles. The number of alkyl halides is 3. The number of aromatic nitrogens is 1. The van der Waals surface area contributed by atoms with Gasteiger partial charge in [-0.3, -0.25) is 9.71 Å². The molecule has 0 spiro atoms. The van der Waals surface area contributed by atoms with E-state index in [1.165, 1.54) is 36.7 Å². The number of sulfonamides is 1. The highest BCUT2D eigenvalue weighted by atomic mass is 32.2. The topological polar surface area (TPSA) is 59.1 Å². The minimum absolute atomic E-state index is 0.245. The second-order valence-corrected chi connectivity index (χ2v) is 5.97. The third-order valence-electron chi connectivity index (χ3n) is 2.62. The smallest absolute Gasteiger partial charge is 0.283 e. The summed E-state index contributed by atoms with van der Waals surface area (Å²) in [5.41, 5.74) is -1.01. The van der Waals surface area contributed by atoms with Crippen LogP contribution in [0.3, 0.4) is 0 Å². The molecule has 4 nitrogen and oxygen atoms in total. The fraction of sp³-hybridized carbons (Fsp3) is 0.154. The molecule has 1 aromatic carbocycles. The van der Waals surface area contributed by atoms with Gasteiger partial charge >= 0.3 is 6.18 Å². The number of pyridine rings is 1. The van der Waals surface area contributed by atoms with Crippen molar-refractivity contribution in [2.24, 2.45) is 0 Å². The van der Waals surface area contributed by atoms with E-state index in [0.29, 0.717) is 0 Å². The summed E-state index contributed by atoms with van der Waals surface area (Å²) < 4.78 is 64.6. The van der Waals surface area contributed by atoms with Crippen LogP contribution in [0.15, 0.2) is 48.8 Å². The fourth-order valence-electron chi connectivity index (χ4n) is 1.76. The molecule has 21 heavy (non-hydrogen) atoms. The molecule has 0 bridgehead atoms.